The third-order valence-corrected chi connectivity index (χ3v) is 4.97. The van der Waals surface area contributed by atoms with E-state index in [4.69, 9.17) is 0 Å². The fourth-order valence-electron chi connectivity index (χ4n) is 2.73. The van der Waals surface area contributed by atoms with Gasteiger partial charge in [-0.2, -0.15) is 5.10 Å². The number of sulfone groups is 1. The van der Waals surface area contributed by atoms with Gasteiger partial charge in [-0.3, -0.25) is 14.9 Å². The van der Waals surface area contributed by atoms with E-state index in [2.05, 4.69) is 15.2 Å². The highest BCUT2D eigenvalue weighted by atomic mass is 32.2. The number of nitrogens with zero attached hydrogens (tertiary/aromatic N) is 3. The number of carbonyl (C=O) groups is 1. The zero-order valence-electron chi connectivity index (χ0n) is 12.1. The van der Waals surface area contributed by atoms with Crippen molar-refractivity contribution in [3.8, 4) is 0 Å². The van der Waals surface area contributed by atoms with Gasteiger partial charge in [0.1, 0.15) is 4.90 Å². The van der Waals surface area contributed by atoms with E-state index in [1.807, 2.05) is 0 Å². The highest BCUT2D eigenvalue weighted by Gasteiger charge is 2.32. The van der Waals surface area contributed by atoms with Crippen molar-refractivity contribution in [3.05, 3.63) is 42.0 Å². The summed E-state index contributed by atoms with van der Waals surface area (Å²) in [6, 6.07) is 3.35. The SMILES string of the molecule is CS(=O)(=O)c1cn[nH]c1[C@@H]1CCN(C(=O)c2ccncc2)C1. The van der Waals surface area contributed by atoms with E-state index in [1.165, 1.54) is 6.20 Å². The zero-order valence-corrected chi connectivity index (χ0v) is 12.9. The third-order valence-electron chi connectivity index (χ3n) is 3.84. The van der Waals surface area contributed by atoms with Crippen molar-refractivity contribution >= 4 is 15.7 Å². The summed E-state index contributed by atoms with van der Waals surface area (Å²) in [4.78, 5) is 18.2. The van der Waals surface area contributed by atoms with Gasteiger partial charge < -0.3 is 4.90 Å². The molecule has 1 N–H and O–H groups in total. The van der Waals surface area contributed by atoms with Crippen molar-refractivity contribution in [1.82, 2.24) is 20.1 Å². The van der Waals surface area contributed by atoms with Gasteiger partial charge in [-0.05, 0) is 18.6 Å². The topological polar surface area (TPSA) is 96.0 Å². The molecule has 1 aliphatic heterocycles. The van der Waals surface area contributed by atoms with Crippen LogP contribution in [-0.2, 0) is 9.84 Å². The van der Waals surface area contributed by atoms with Crippen LogP contribution in [0.25, 0.3) is 0 Å². The van der Waals surface area contributed by atoms with Crippen molar-refractivity contribution in [1.29, 1.82) is 0 Å². The number of H-pyrrole nitrogens is 1. The molecule has 1 fully saturated rings. The number of aromatic nitrogens is 3. The smallest absolute Gasteiger partial charge is 0.253 e. The minimum absolute atomic E-state index is 0.0435. The monoisotopic (exact) mass is 320 g/mol. The molecule has 116 valence electrons. The quantitative estimate of drug-likeness (QED) is 0.904. The Balaban J connectivity index is 1.79. The summed E-state index contributed by atoms with van der Waals surface area (Å²) in [6.07, 6.45) is 6.37. The van der Waals surface area contributed by atoms with Gasteiger partial charge in [0.25, 0.3) is 5.91 Å². The van der Waals surface area contributed by atoms with Gasteiger partial charge in [0, 0.05) is 43.2 Å². The average molecular weight is 320 g/mol. The number of hydrogen-bond acceptors (Lipinski definition) is 5. The number of amides is 1. The molecule has 0 aliphatic carbocycles. The highest BCUT2D eigenvalue weighted by molar-refractivity contribution is 7.90. The molecule has 0 saturated carbocycles. The molecule has 0 radical (unpaired) electrons. The maximum absolute atomic E-state index is 12.4. The van der Waals surface area contributed by atoms with E-state index in [0.29, 0.717) is 30.8 Å². The maximum atomic E-state index is 12.4. The molecule has 3 heterocycles. The Morgan fingerprint density at radius 3 is 2.77 bits per heavy atom. The lowest BCUT2D eigenvalue weighted by Gasteiger charge is -2.16. The summed E-state index contributed by atoms with van der Waals surface area (Å²) < 4.78 is 23.5. The number of rotatable bonds is 3. The van der Waals surface area contributed by atoms with Crippen LogP contribution in [0.15, 0.2) is 35.6 Å². The first-order valence-electron chi connectivity index (χ1n) is 6.89. The first-order valence-corrected chi connectivity index (χ1v) is 8.78. The van der Waals surface area contributed by atoms with Gasteiger partial charge in [-0.1, -0.05) is 0 Å². The fraction of sp³-hybridized carbons (Fsp3) is 0.357. The molecule has 1 saturated heterocycles. The summed E-state index contributed by atoms with van der Waals surface area (Å²) in [5, 5.41) is 6.62. The molecule has 3 rings (SSSR count). The van der Waals surface area contributed by atoms with E-state index in [1.54, 1.807) is 29.4 Å². The zero-order chi connectivity index (χ0) is 15.7. The molecular formula is C14H16N4O3S. The largest absolute Gasteiger partial charge is 0.338 e. The molecule has 1 aliphatic rings. The number of likely N-dealkylation sites (tertiary alicyclic amines) is 1. The third kappa shape index (κ3) is 2.74. The molecule has 8 heteroatoms. The number of aromatic amines is 1. The maximum Gasteiger partial charge on any atom is 0.253 e. The second-order valence-electron chi connectivity index (χ2n) is 5.39. The summed E-state index contributed by atoms with van der Waals surface area (Å²) >= 11 is 0. The minimum Gasteiger partial charge on any atom is -0.338 e. The Labute approximate surface area is 128 Å². The molecule has 22 heavy (non-hydrogen) atoms. The van der Waals surface area contributed by atoms with Gasteiger partial charge in [0.2, 0.25) is 0 Å². The van der Waals surface area contributed by atoms with Crippen LogP contribution < -0.4 is 0 Å². The number of hydrogen-bond donors (Lipinski definition) is 1. The van der Waals surface area contributed by atoms with E-state index in [9.17, 15) is 13.2 Å². The molecular weight excluding hydrogens is 304 g/mol. The summed E-state index contributed by atoms with van der Waals surface area (Å²) in [5.41, 5.74) is 1.18. The van der Waals surface area contributed by atoms with Crippen molar-refractivity contribution < 1.29 is 13.2 Å². The summed E-state index contributed by atoms with van der Waals surface area (Å²) in [5.74, 6) is -0.108. The molecule has 1 atom stereocenters. The second kappa shape index (κ2) is 5.53. The average Bonchev–Trinajstić information content (AvgIpc) is 3.15. The van der Waals surface area contributed by atoms with Crippen LogP contribution in [0, 0.1) is 0 Å². The second-order valence-corrected chi connectivity index (χ2v) is 7.38. The number of nitrogens with one attached hydrogen (secondary N) is 1. The first kappa shape index (κ1) is 14.7. The predicted molar refractivity (Wildman–Crippen MR) is 79.2 cm³/mol. The van der Waals surface area contributed by atoms with Gasteiger partial charge in [0.05, 0.1) is 11.9 Å². The molecule has 0 aromatic carbocycles. The molecule has 2 aromatic heterocycles. The Morgan fingerprint density at radius 1 is 1.36 bits per heavy atom. The number of pyridine rings is 1. The predicted octanol–water partition coefficient (Wildman–Crippen LogP) is 0.838. The Morgan fingerprint density at radius 2 is 2.09 bits per heavy atom. The van der Waals surface area contributed by atoms with Crippen molar-refractivity contribution in [2.75, 3.05) is 19.3 Å². The van der Waals surface area contributed by atoms with Gasteiger partial charge in [0.15, 0.2) is 9.84 Å². The van der Waals surface area contributed by atoms with Crippen molar-refractivity contribution in [3.63, 3.8) is 0 Å². The molecule has 7 nitrogen and oxygen atoms in total. The lowest BCUT2D eigenvalue weighted by atomic mass is 10.1. The van der Waals surface area contributed by atoms with Gasteiger partial charge >= 0.3 is 0 Å². The summed E-state index contributed by atoms with van der Waals surface area (Å²) in [6.45, 7) is 1.07. The summed E-state index contributed by atoms with van der Waals surface area (Å²) in [7, 11) is -3.32. The Kier molecular flexibility index (Phi) is 3.69. The fourth-order valence-corrected chi connectivity index (χ4v) is 3.59. The Hall–Kier alpha value is -2.22. The number of carbonyl (C=O) groups excluding carboxylic acids is 1. The van der Waals surface area contributed by atoms with Crippen LogP contribution in [-0.4, -0.2) is 53.8 Å². The highest BCUT2D eigenvalue weighted by Crippen LogP contribution is 2.30. The van der Waals surface area contributed by atoms with Crippen LogP contribution >= 0.6 is 0 Å². The van der Waals surface area contributed by atoms with Crippen LogP contribution in [0.4, 0.5) is 0 Å². The molecule has 1 amide bonds. The minimum atomic E-state index is -3.32. The Bertz CT molecular complexity index is 785. The molecule has 0 spiro atoms. The molecule has 0 bridgehead atoms. The van der Waals surface area contributed by atoms with Gasteiger partial charge in [-0.25, -0.2) is 8.42 Å². The molecule has 0 unspecified atom stereocenters. The van der Waals surface area contributed by atoms with E-state index >= 15 is 0 Å². The van der Waals surface area contributed by atoms with Crippen molar-refractivity contribution in [2.24, 2.45) is 0 Å². The van der Waals surface area contributed by atoms with Gasteiger partial charge in [-0.15, -0.1) is 0 Å². The van der Waals surface area contributed by atoms with E-state index < -0.39 is 9.84 Å². The van der Waals surface area contributed by atoms with Crippen LogP contribution in [0.3, 0.4) is 0 Å². The van der Waals surface area contributed by atoms with Crippen LogP contribution in [0.5, 0.6) is 0 Å². The normalized spacial score (nSPS) is 18.6. The lowest BCUT2D eigenvalue weighted by molar-refractivity contribution is 0.0790. The van der Waals surface area contributed by atoms with Crippen molar-refractivity contribution in [2.45, 2.75) is 17.2 Å². The van der Waals surface area contributed by atoms with Crippen LogP contribution in [0.1, 0.15) is 28.4 Å². The van der Waals surface area contributed by atoms with Crippen LogP contribution in [0.2, 0.25) is 0 Å². The first-order chi connectivity index (χ1) is 10.5. The van der Waals surface area contributed by atoms with E-state index in [0.717, 1.165) is 6.26 Å². The van der Waals surface area contributed by atoms with E-state index in [-0.39, 0.29) is 16.7 Å². The molecule has 2 aromatic rings. The standard InChI is InChI=1S/C14H16N4O3S/c1-22(20,21)12-8-16-17-13(12)11-4-7-18(9-11)14(19)10-2-5-15-6-3-10/h2-3,5-6,8,11H,4,7,9H2,1H3,(H,16,17)/t11-/m1/s1. The lowest BCUT2D eigenvalue weighted by Crippen LogP contribution is -2.28.